The summed E-state index contributed by atoms with van der Waals surface area (Å²) < 4.78 is 1.42. The molecule has 18 heavy (non-hydrogen) atoms. The molecule has 1 aromatic heterocycles. The van der Waals surface area contributed by atoms with Gasteiger partial charge in [0, 0.05) is 12.6 Å². The number of halogens is 1. The number of hydrogen-bond donors (Lipinski definition) is 2. The van der Waals surface area contributed by atoms with Gasteiger partial charge >= 0.3 is 5.97 Å². The molecule has 94 valence electrons. The first-order valence-electron chi connectivity index (χ1n) is 5.17. The molecule has 0 amide bonds. The van der Waals surface area contributed by atoms with Gasteiger partial charge in [-0.3, -0.25) is 4.68 Å². The highest BCUT2D eigenvalue weighted by Gasteiger charge is 2.16. The minimum atomic E-state index is -1.11. The Balaban J connectivity index is 2.62. The molecule has 6 heteroatoms. The summed E-state index contributed by atoms with van der Waals surface area (Å²) in [5.41, 5.74) is 1.67. The van der Waals surface area contributed by atoms with Gasteiger partial charge in [-0.25, -0.2) is 4.79 Å². The lowest BCUT2D eigenvalue weighted by Gasteiger charge is -2.08. The molecule has 0 aliphatic heterocycles. The van der Waals surface area contributed by atoms with Gasteiger partial charge in [-0.15, -0.1) is 0 Å². The van der Waals surface area contributed by atoms with Crippen molar-refractivity contribution in [3.63, 3.8) is 0 Å². The molecule has 2 N–H and O–H groups in total. The molecule has 0 aliphatic rings. The molecule has 0 atom stereocenters. The fourth-order valence-corrected chi connectivity index (χ4v) is 1.99. The molecule has 0 saturated heterocycles. The highest BCUT2D eigenvalue weighted by atomic mass is 35.5. The Morgan fingerprint density at radius 3 is 2.67 bits per heavy atom. The molecular formula is C12H11ClN2O3. The number of phenolic OH excluding ortho intramolecular Hbond substituents is 1. The number of rotatable bonds is 2. The van der Waals surface area contributed by atoms with Gasteiger partial charge in [0.1, 0.15) is 5.75 Å². The molecule has 0 spiro atoms. The Morgan fingerprint density at radius 1 is 1.44 bits per heavy atom. The van der Waals surface area contributed by atoms with Crippen LogP contribution in [0.4, 0.5) is 0 Å². The van der Waals surface area contributed by atoms with Gasteiger partial charge in [-0.2, -0.15) is 5.10 Å². The normalized spacial score (nSPS) is 10.6. The van der Waals surface area contributed by atoms with Crippen molar-refractivity contribution in [2.24, 2.45) is 7.05 Å². The lowest BCUT2D eigenvalue weighted by Crippen LogP contribution is -1.99. The minimum Gasteiger partial charge on any atom is -0.506 e. The Bertz CT molecular complexity index is 634. The number of nitrogens with zero attached hydrogens (tertiary/aromatic N) is 2. The average Bonchev–Trinajstić information content (AvgIpc) is 2.69. The molecule has 1 aromatic carbocycles. The molecule has 2 rings (SSSR count). The highest BCUT2D eigenvalue weighted by molar-refractivity contribution is 6.34. The third-order valence-electron chi connectivity index (χ3n) is 2.69. The van der Waals surface area contributed by atoms with Gasteiger partial charge in [0.25, 0.3) is 0 Å². The van der Waals surface area contributed by atoms with E-state index < -0.39 is 5.97 Å². The van der Waals surface area contributed by atoms with Crippen LogP contribution in [-0.2, 0) is 7.05 Å². The van der Waals surface area contributed by atoms with E-state index in [9.17, 15) is 9.90 Å². The van der Waals surface area contributed by atoms with Crippen molar-refractivity contribution in [3.8, 4) is 17.0 Å². The van der Waals surface area contributed by atoms with E-state index >= 15 is 0 Å². The number of benzene rings is 1. The van der Waals surface area contributed by atoms with Gasteiger partial charge in [-0.05, 0) is 18.6 Å². The van der Waals surface area contributed by atoms with Crippen molar-refractivity contribution in [3.05, 3.63) is 34.5 Å². The summed E-state index contributed by atoms with van der Waals surface area (Å²) in [6, 6.07) is 4.85. The van der Waals surface area contributed by atoms with Crippen LogP contribution in [0.2, 0.25) is 5.02 Å². The number of carboxylic acids is 1. The SMILES string of the molecule is Cc1ccc(-c2cc(C(=O)O)nn2C)c(Cl)c1O. The van der Waals surface area contributed by atoms with Crippen LogP contribution >= 0.6 is 11.6 Å². The van der Waals surface area contributed by atoms with Gasteiger partial charge in [0.2, 0.25) is 0 Å². The Hall–Kier alpha value is -2.01. The molecule has 2 aromatic rings. The van der Waals surface area contributed by atoms with Crippen molar-refractivity contribution < 1.29 is 15.0 Å². The van der Waals surface area contributed by atoms with Gasteiger partial charge in [0.15, 0.2) is 5.69 Å². The quantitative estimate of drug-likeness (QED) is 0.875. The van der Waals surface area contributed by atoms with Gasteiger partial charge < -0.3 is 10.2 Å². The van der Waals surface area contributed by atoms with Crippen LogP contribution in [0.5, 0.6) is 5.75 Å². The van der Waals surface area contributed by atoms with Crippen LogP contribution in [0.25, 0.3) is 11.3 Å². The number of aromatic hydroxyl groups is 1. The van der Waals surface area contributed by atoms with Crippen LogP contribution < -0.4 is 0 Å². The highest BCUT2D eigenvalue weighted by Crippen LogP contribution is 2.36. The third kappa shape index (κ3) is 1.93. The Kier molecular flexibility index (Phi) is 3.00. The second kappa shape index (κ2) is 4.34. The summed E-state index contributed by atoms with van der Waals surface area (Å²) in [4.78, 5) is 10.8. The number of aromatic nitrogens is 2. The largest absolute Gasteiger partial charge is 0.506 e. The molecule has 0 bridgehead atoms. The summed E-state index contributed by atoms with van der Waals surface area (Å²) in [7, 11) is 1.62. The number of phenols is 1. The molecule has 0 fully saturated rings. The Morgan fingerprint density at radius 2 is 2.11 bits per heavy atom. The van der Waals surface area contributed by atoms with E-state index in [-0.39, 0.29) is 16.5 Å². The first-order chi connectivity index (χ1) is 8.41. The van der Waals surface area contributed by atoms with E-state index in [2.05, 4.69) is 5.10 Å². The molecule has 0 unspecified atom stereocenters. The molecule has 1 heterocycles. The molecule has 0 aliphatic carbocycles. The van der Waals surface area contributed by atoms with E-state index in [4.69, 9.17) is 16.7 Å². The molecule has 0 saturated carbocycles. The summed E-state index contributed by atoms with van der Waals surface area (Å²) >= 11 is 6.06. The number of carboxylic acid groups (broad SMARTS) is 1. The second-order valence-corrected chi connectivity index (χ2v) is 4.31. The van der Waals surface area contributed by atoms with E-state index in [1.54, 1.807) is 26.1 Å². The predicted molar refractivity (Wildman–Crippen MR) is 67.0 cm³/mol. The van der Waals surface area contributed by atoms with Crippen molar-refractivity contribution in [1.82, 2.24) is 9.78 Å². The third-order valence-corrected chi connectivity index (χ3v) is 3.08. The lowest BCUT2D eigenvalue weighted by atomic mass is 10.1. The first-order valence-corrected chi connectivity index (χ1v) is 5.55. The number of hydrogen-bond acceptors (Lipinski definition) is 3. The fraction of sp³-hybridized carbons (Fsp3) is 0.167. The smallest absolute Gasteiger partial charge is 0.356 e. The predicted octanol–water partition coefficient (Wildman–Crippen LogP) is 2.45. The average molecular weight is 267 g/mol. The van der Waals surface area contributed by atoms with E-state index in [0.29, 0.717) is 16.8 Å². The molecular weight excluding hydrogens is 256 g/mol. The van der Waals surface area contributed by atoms with Crippen molar-refractivity contribution >= 4 is 17.6 Å². The number of carbonyl (C=O) groups is 1. The van der Waals surface area contributed by atoms with Crippen LogP contribution in [0.1, 0.15) is 16.1 Å². The van der Waals surface area contributed by atoms with Crippen LogP contribution in [0, 0.1) is 6.92 Å². The van der Waals surface area contributed by atoms with E-state index in [0.717, 1.165) is 0 Å². The number of aryl methyl sites for hydroxylation is 2. The lowest BCUT2D eigenvalue weighted by molar-refractivity contribution is 0.0689. The Labute approximate surface area is 108 Å². The van der Waals surface area contributed by atoms with E-state index in [1.807, 2.05) is 0 Å². The monoisotopic (exact) mass is 266 g/mol. The zero-order chi connectivity index (χ0) is 13.4. The summed E-state index contributed by atoms with van der Waals surface area (Å²) in [6.45, 7) is 1.73. The van der Waals surface area contributed by atoms with Crippen LogP contribution in [0.3, 0.4) is 0 Å². The summed E-state index contributed by atoms with van der Waals surface area (Å²) in [5.74, 6) is -1.11. The second-order valence-electron chi connectivity index (χ2n) is 3.94. The van der Waals surface area contributed by atoms with Gasteiger partial charge in [0.05, 0.1) is 10.7 Å². The zero-order valence-corrected chi connectivity index (χ0v) is 10.6. The van der Waals surface area contributed by atoms with Crippen molar-refractivity contribution in [1.29, 1.82) is 0 Å². The fourth-order valence-electron chi connectivity index (χ4n) is 1.68. The first kappa shape index (κ1) is 12.4. The molecule has 5 nitrogen and oxygen atoms in total. The maximum absolute atomic E-state index is 10.8. The van der Waals surface area contributed by atoms with Gasteiger partial charge in [-0.1, -0.05) is 23.7 Å². The van der Waals surface area contributed by atoms with Crippen molar-refractivity contribution in [2.75, 3.05) is 0 Å². The number of aromatic carboxylic acids is 1. The maximum Gasteiger partial charge on any atom is 0.356 e. The topological polar surface area (TPSA) is 75.3 Å². The zero-order valence-electron chi connectivity index (χ0n) is 9.81. The summed E-state index contributed by atoms with van der Waals surface area (Å²) in [6.07, 6.45) is 0. The maximum atomic E-state index is 10.8. The molecule has 0 radical (unpaired) electrons. The van der Waals surface area contributed by atoms with Crippen LogP contribution in [-0.4, -0.2) is 26.0 Å². The standard InChI is InChI=1S/C12H11ClN2O3/c1-6-3-4-7(10(13)11(6)16)9-5-8(12(17)18)14-15(9)2/h3-5,16H,1-2H3,(H,17,18). The van der Waals surface area contributed by atoms with Crippen LogP contribution in [0.15, 0.2) is 18.2 Å². The van der Waals surface area contributed by atoms with E-state index in [1.165, 1.54) is 10.7 Å². The summed E-state index contributed by atoms with van der Waals surface area (Å²) in [5, 5.41) is 22.7. The van der Waals surface area contributed by atoms with Crippen molar-refractivity contribution in [2.45, 2.75) is 6.92 Å². The minimum absolute atomic E-state index is 0.00718.